The van der Waals surface area contributed by atoms with Gasteiger partial charge in [0.15, 0.2) is 0 Å². The summed E-state index contributed by atoms with van der Waals surface area (Å²) in [7, 11) is 0. The fourth-order valence-corrected chi connectivity index (χ4v) is 4.00. The van der Waals surface area contributed by atoms with Crippen LogP contribution < -0.4 is 15.2 Å². The summed E-state index contributed by atoms with van der Waals surface area (Å²) in [5.74, 6) is -0.503. The van der Waals surface area contributed by atoms with Crippen LogP contribution in [0, 0.1) is 0 Å². The molecule has 32 heavy (non-hydrogen) atoms. The van der Waals surface area contributed by atoms with Gasteiger partial charge in [-0.3, -0.25) is 9.59 Å². The Kier molecular flexibility index (Phi) is 5.81. The van der Waals surface area contributed by atoms with Gasteiger partial charge in [-0.1, -0.05) is 37.4 Å². The Hall–Kier alpha value is -4.25. The standard InChI is InChI=1S/C27H23N3O2/c1-4-25(31)28-19-12-14-21-22-15-13-20(29-26(32)5-2)17-24(22)30(6-3)27(23(21)16-19)18-10-8-7-9-11-18/h4-5,7-17H,1-2,6H2,3H3,(H,28,31)/p+1. The van der Waals surface area contributed by atoms with Crippen molar-refractivity contribution in [3.05, 3.63) is 92.0 Å². The molecule has 0 aliphatic carbocycles. The van der Waals surface area contributed by atoms with Crippen molar-refractivity contribution in [2.24, 2.45) is 0 Å². The van der Waals surface area contributed by atoms with E-state index in [1.165, 1.54) is 12.2 Å². The molecule has 0 unspecified atom stereocenters. The smallest absolute Gasteiger partial charge is 0.247 e. The summed E-state index contributed by atoms with van der Waals surface area (Å²) in [6, 6.07) is 21.9. The van der Waals surface area contributed by atoms with Crippen LogP contribution in [0.3, 0.4) is 0 Å². The zero-order chi connectivity index (χ0) is 22.7. The molecule has 0 radical (unpaired) electrons. The average Bonchev–Trinajstić information content (AvgIpc) is 2.83. The molecule has 1 heterocycles. The summed E-state index contributed by atoms with van der Waals surface area (Å²) in [5.41, 5.74) is 4.52. The maximum absolute atomic E-state index is 11.9. The van der Waals surface area contributed by atoms with Gasteiger partial charge in [0.25, 0.3) is 0 Å². The molecule has 0 saturated carbocycles. The van der Waals surface area contributed by atoms with E-state index in [4.69, 9.17) is 0 Å². The first-order valence-electron chi connectivity index (χ1n) is 10.4. The quantitative estimate of drug-likeness (QED) is 0.254. The average molecular weight is 423 g/mol. The van der Waals surface area contributed by atoms with Gasteiger partial charge in [0.2, 0.25) is 23.0 Å². The fourth-order valence-electron chi connectivity index (χ4n) is 4.00. The number of benzene rings is 3. The number of amides is 2. The van der Waals surface area contributed by atoms with Crippen LogP contribution in [0.4, 0.5) is 11.4 Å². The predicted octanol–water partition coefficient (Wildman–Crippen LogP) is 5.22. The van der Waals surface area contributed by atoms with Gasteiger partial charge in [0, 0.05) is 28.4 Å². The van der Waals surface area contributed by atoms with Crippen molar-refractivity contribution in [1.82, 2.24) is 0 Å². The number of carbonyl (C=O) groups is 2. The lowest BCUT2D eigenvalue weighted by atomic mass is 9.98. The van der Waals surface area contributed by atoms with E-state index < -0.39 is 0 Å². The topological polar surface area (TPSA) is 62.1 Å². The van der Waals surface area contributed by atoms with Crippen LogP contribution in [0.2, 0.25) is 0 Å². The highest BCUT2D eigenvalue weighted by Gasteiger charge is 2.23. The fraction of sp³-hybridized carbons (Fsp3) is 0.0741. The molecule has 2 amide bonds. The summed E-state index contributed by atoms with van der Waals surface area (Å²) >= 11 is 0. The molecular weight excluding hydrogens is 398 g/mol. The minimum absolute atomic E-state index is 0.251. The number of carbonyl (C=O) groups excluding carboxylic acids is 2. The third kappa shape index (κ3) is 3.88. The lowest BCUT2D eigenvalue weighted by Crippen LogP contribution is -2.36. The van der Waals surface area contributed by atoms with E-state index in [9.17, 15) is 9.59 Å². The molecule has 2 N–H and O–H groups in total. The van der Waals surface area contributed by atoms with Gasteiger partial charge in [0.05, 0.1) is 10.8 Å². The SMILES string of the molecule is C=CC(=O)Nc1ccc2c(c1)c(-c1ccccc1)[n+](CC)c1cc(NC(=O)C=C)ccc21. The molecular formula is C27H24N3O2+. The van der Waals surface area contributed by atoms with Gasteiger partial charge in [-0.25, -0.2) is 0 Å². The molecule has 0 fully saturated rings. The normalized spacial score (nSPS) is 10.7. The van der Waals surface area contributed by atoms with Gasteiger partial charge in [0.1, 0.15) is 6.54 Å². The van der Waals surface area contributed by atoms with Crippen LogP contribution in [-0.4, -0.2) is 11.8 Å². The van der Waals surface area contributed by atoms with E-state index >= 15 is 0 Å². The molecule has 0 spiro atoms. The van der Waals surface area contributed by atoms with E-state index in [0.29, 0.717) is 11.4 Å². The minimum Gasteiger partial charge on any atom is -0.323 e. The van der Waals surface area contributed by atoms with Crippen molar-refractivity contribution in [3.63, 3.8) is 0 Å². The van der Waals surface area contributed by atoms with Crippen molar-refractivity contribution < 1.29 is 14.2 Å². The highest BCUT2D eigenvalue weighted by atomic mass is 16.2. The molecule has 0 bridgehead atoms. The first-order valence-corrected chi connectivity index (χ1v) is 10.4. The molecule has 0 aliphatic heterocycles. The van der Waals surface area contributed by atoms with Crippen LogP contribution >= 0.6 is 0 Å². The van der Waals surface area contributed by atoms with Crippen LogP contribution in [0.25, 0.3) is 32.9 Å². The molecule has 4 rings (SSSR count). The van der Waals surface area contributed by atoms with Crippen molar-refractivity contribution in [2.75, 3.05) is 10.6 Å². The second kappa shape index (κ2) is 8.86. The first-order chi connectivity index (χ1) is 15.5. The van der Waals surface area contributed by atoms with E-state index in [2.05, 4.69) is 47.4 Å². The maximum Gasteiger partial charge on any atom is 0.247 e. The molecule has 158 valence electrons. The van der Waals surface area contributed by atoms with Gasteiger partial charge >= 0.3 is 0 Å². The van der Waals surface area contributed by atoms with E-state index in [1.54, 1.807) is 0 Å². The number of anilines is 2. The number of aryl methyl sites for hydroxylation is 1. The molecule has 3 aromatic carbocycles. The maximum atomic E-state index is 11.9. The number of rotatable bonds is 6. The number of pyridine rings is 1. The van der Waals surface area contributed by atoms with Crippen molar-refractivity contribution in [1.29, 1.82) is 0 Å². The number of aromatic nitrogens is 1. The summed E-state index contributed by atoms with van der Waals surface area (Å²) in [6.45, 7) is 9.88. The molecule has 0 saturated heterocycles. The number of hydrogen-bond donors (Lipinski definition) is 2. The lowest BCUT2D eigenvalue weighted by Gasteiger charge is -2.13. The van der Waals surface area contributed by atoms with Crippen molar-refractivity contribution in [2.45, 2.75) is 13.5 Å². The highest BCUT2D eigenvalue weighted by Crippen LogP contribution is 2.34. The second-order valence-corrected chi connectivity index (χ2v) is 7.34. The Balaban J connectivity index is 2.07. The summed E-state index contributed by atoms with van der Waals surface area (Å²) < 4.78 is 2.23. The number of nitrogens with zero attached hydrogens (tertiary/aromatic N) is 1. The summed E-state index contributed by atoms with van der Waals surface area (Å²) in [6.07, 6.45) is 2.51. The lowest BCUT2D eigenvalue weighted by molar-refractivity contribution is -0.655. The molecule has 4 aromatic rings. The summed E-state index contributed by atoms with van der Waals surface area (Å²) in [5, 5.41) is 8.85. The molecule has 0 aliphatic rings. The Morgan fingerprint density at radius 3 is 2.00 bits per heavy atom. The van der Waals surface area contributed by atoms with Crippen molar-refractivity contribution >= 4 is 44.9 Å². The Labute approximate surface area is 186 Å². The number of hydrogen-bond acceptors (Lipinski definition) is 2. The molecule has 5 heteroatoms. The Morgan fingerprint density at radius 2 is 1.41 bits per heavy atom. The molecule has 0 atom stereocenters. The van der Waals surface area contributed by atoms with Crippen LogP contribution in [-0.2, 0) is 16.1 Å². The zero-order valence-electron chi connectivity index (χ0n) is 17.9. The van der Waals surface area contributed by atoms with Gasteiger partial charge in [-0.15, -0.1) is 0 Å². The number of nitrogens with one attached hydrogen (secondary N) is 2. The monoisotopic (exact) mass is 422 g/mol. The third-order valence-electron chi connectivity index (χ3n) is 5.39. The van der Waals surface area contributed by atoms with E-state index in [-0.39, 0.29) is 11.8 Å². The van der Waals surface area contributed by atoms with Gasteiger partial charge in [-0.2, -0.15) is 4.57 Å². The van der Waals surface area contributed by atoms with Gasteiger partial charge < -0.3 is 10.6 Å². The molecule has 5 nitrogen and oxygen atoms in total. The highest BCUT2D eigenvalue weighted by molar-refractivity contribution is 6.11. The first kappa shape index (κ1) is 21.0. The van der Waals surface area contributed by atoms with Crippen molar-refractivity contribution in [3.8, 4) is 11.3 Å². The summed E-state index contributed by atoms with van der Waals surface area (Å²) in [4.78, 5) is 23.7. The van der Waals surface area contributed by atoms with E-state index in [0.717, 1.165) is 39.5 Å². The molecule has 1 aromatic heterocycles. The van der Waals surface area contributed by atoms with E-state index in [1.807, 2.05) is 54.6 Å². The minimum atomic E-state index is -0.252. The predicted molar refractivity (Wildman–Crippen MR) is 130 cm³/mol. The Bertz CT molecular complexity index is 1370. The van der Waals surface area contributed by atoms with Crippen LogP contribution in [0.5, 0.6) is 0 Å². The largest absolute Gasteiger partial charge is 0.323 e. The Morgan fingerprint density at radius 1 is 0.812 bits per heavy atom. The zero-order valence-corrected chi connectivity index (χ0v) is 17.9. The van der Waals surface area contributed by atoms with Crippen LogP contribution in [0.15, 0.2) is 92.0 Å². The number of fused-ring (bicyclic) bond motifs is 3. The third-order valence-corrected chi connectivity index (χ3v) is 5.39. The second-order valence-electron chi connectivity index (χ2n) is 7.34. The van der Waals surface area contributed by atoms with Gasteiger partial charge in [-0.05, 0) is 55.5 Å². The van der Waals surface area contributed by atoms with Crippen LogP contribution in [0.1, 0.15) is 6.92 Å².